The molecule has 3 aliphatic rings. The van der Waals surface area contributed by atoms with Crippen LogP contribution < -0.4 is 0 Å². The first-order valence-electron chi connectivity index (χ1n) is 9.29. The molecule has 25 heavy (non-hydrogen) atoms. The van der Waals surface area contributed by atoms with Gasteiger partial charge in [-0.05, 0) is 26.2 Å². The molecule has 3 fully saturated rings. The van der Waals surface area contributed by atoms with Gasteiger partial charge in [0.25, 0.3) is 0 Å². The van der Waals surface area contributed by atoms with Crippen LogP contribution in [0.3, 0.4) is 0 Å². The summed E-state index contributed by atoms with van der Waals surface area (Å²) in [5.74, 6) is 0.273. The molecule has 138 valence electrons. The molecule has 7 heteroatoms. The molecule has 0 N–H and O–H groups in total. The highest BCUT2D eigenvalue weighted by Crippen LogP contribution is 2.35. The molecule has 3 saturated heterocycles. The molecule has 4 rings (SSSR count). The lowest BCUT2D eigenvalue weighted by molar-refractivity contribution is -0.199. The molecule has 1 amide bonds. The van der Waals surface area contributed by atoms with Crippen LogP contribution in [0.2, 0.25) is 0 Å². The highest BCUT2D eigenvalue weighted by atomic mass is 32.1. The number of carbonyl (C=O) groups excluding carboxylic acids is 1. The first-order valence-corrected chi connectivity index (χ1v) is 10.2. The van der Waals surface area contributed by atoms with E-state index in [0.717, 1.165) is 69.2 Å². The second-order valence-electron chi connectivity index (χ2n) is 7.55. The Labute approximate surface area is 153 Å². The Hall–Kier alpha value is -1.02. The highest BCUT2D eigenvalue weighted by Gasteiger charge is 2.48. The van der Waals surface area contributed by atoms with Gasteiger partial charge in [0.15, 0.2) is 0 Å². The number of nitrogens with zero attached hydrogens (tertiary/aromatic N) is 3. The number of aryl methyl sites for hydroxylation is 1. The van der Waals surface area contributed by atoms with E-state index in [1.54, 1.807) is 11.3 Å². The van der Waals surface area contributed by atoms with Crippen molar-refractivity contribution >= 4 is 17.2 Å². The number of hydrogen-bond donors (Lipinski definition) is 0. The average Bonchev–Trinajstić information content (AvgIpc) is 3.23. The Bertz CT molecular complexity index is 608. The molecule has 0 aromatic carbocycles. The second kappa shape index (κ2) is 7.31. The summed E-state index contributed by atoms with van der Waals surface area (Å²) in [5, 5.41) is 3.15. The highest BCUT2D eigenvalue weighted by molar-refractivity contribution is 7.09. The van der Waals surface area contributed by atoms with Crippen LogP contribution in [0, 0.1) is 6.92 Å². The van der Waals surface area contributed by atoms with Crippen molar-refractivity contribution in [3.63, 3.8) is 0 Å². The standard InChI is InChI=1S/C18H27N3O3S/c1-14-19-15(11-25-14)10-23-16-4-7-24-18(8-16)12-20(13-18)9-17(22)21-5-2-3-6-21/h11,16H,2-10,12-13H2,1H3/t16-/m1/s1. The van der Waals surface area contributed by atoms with Crippen LogP contribution in [0.15, 0.2) is 5.38 Å². The van der Waals surface area contributed by atoms with Crippen molar-refractivity contribution in [1.82, 2.24) is 14.8 Å². The van der Waals surface area contributed by atoms with Crippen LogP contribution in [0.1, 0.15) is 36.4 Å². The summed E-state index contributed by atoms with van der Waals surface area (Å²) < 4.78 is 12.1. The van der Waals surface area contributed by atoms with E-state index in [0.29, 0.717) is 13.2 Å². The van der Waals surface area contributed by atoms with Crippen molar-refractivity contribution in [2.24, 2.45) is 0 Å². The smallest absolute Gasteiger partial charge is 0.236 e. The normalized spacial score (nSPS) is 26.1. The molecule has 0 bridgehead atoms. The van der Waals surface area contributed by atoms with E-state index >= 15 is 0 Å². The monoisotopic (exact) mass is 365 g/mol. The summed E-state index contributed by atoms with van der Waals surface area (Å²) in [4.78, 5) is 20.9. The topological polar surface area (TPSA) is 54.9 Å². The molecule has 1 atom stereocenters. The van der Waals surface area contributed by atoms with E-state index < -0.39 is 0 Å². The summed E-state index contributed by atoms with van der Waals surface area (Å²) in [6, 6.07) is 0. The first kappa shape index (κ1) is 17.4. The van der Waals surface area contributed by atoms with Gasteiger partial charge >= 0.3 is 0 Å². The zero-order valence-electron chi connectivity index (χ0n) is 14.9. The van der Waals surface area contributed by atoms with Crippen LogP contribution >= 0.6 is 11.3 Å². The number of carbonyl (C=O) groups is 1. The van der Waals surface area contributed by atoms with Gasteiger partial charge in [-0.3, -0.25) is 9.69 Å². The van der Waals surface area contributed by atoms with Gasteiger partial charge in [-0.25, -0.2) is 4.98 Å². The number of amides is 1. The summed E-state index contributed by atoms with van der Waals surface area (Å²) in [6.07, 6.45) is 4.39. The predicted octanol–water partition coefficient (Wildman–Crippen LogP) is 1.82. The number of hydrogen-bond acceptors (Lipinski definition) is 6. The molecule has 0 unspecified atom stereocenters. The molecule has 4 heterocycles. The number of rotatable bonds is 5. The molecule has 6 nitrogen and oxygen atoms in total. The molecule has 1 aromatic rings. The molecular formula is C18H27N3O3S. The molecule has 1 aromatic heterocycles. The Kier molecular flexibility index (Phi) is 5.08. The van der Waals surface area contributed by atoms with Gasteiger partial charge in [0.2, 0.25) is 5.91 Å². The lowest BCUT2D eigenvalue weighted by Crippen LogP contribution is -2.67. The first-order chi connectivity index (χ1) is 12.1. The third-order valence-electron chi connectivity index (χ3n) is 5.42. The summed E-state index contributed by atoms with van der Waals surface area (Å²) in [5.41, 5.74) is 0.918. The van der Waals surface area contributed by atoms with E-state index in [1.165, 1.54) is 0 Å². The van der Waals surface area contributed by atoms with Crippen molar-refractivity contribution in [1.29, 1.82) is 0 Å². The fourth-order valence-electron chi connectivity index (χ4n) is 4.16. The van der Waals surface area contributed by atoms with Gasteiger partial charge in [0, 0.05) is 44.6 Å². The van der Waals surface area contributed by atoms with E-state index in [9.17, 15) is 4.79 Å². The van der Waals surface area contributed by atoms with Gasteiger partial charge < -0.3 is 14.4 Å². The van der Waals surface area contributed by atoms with Gasteiger partial charge in [0.1, 0.15) is 0 Å². The lowest BCUT2D eigenvalue weighted by Gasteiger charge is -2.53. The Balaban J connectivity index is 1.22. The van der Waals surface area contributed by atoms with Crippen molar-refractivity contribution in [2.45, 2.75) is 50.9 Å². The van der Waals surface area contributed by atoms with Crippen molar-refractivity contribution in [3.05, 3.63) is 16.1 Å². The van der Waals surface area contributed by atoms with Crippen LogP contribution in [0.4, 0.5) is 0 Å². The van der Waals surface area contributed by atoms with Crippen molar-refractivity contribution < 1.29 is 14.3 Å². The third kappa shape index (κ3) is 4.05. The van der Waals surface area contributed by atoms with Gasteiger partial charge in [-0.15, -0.1) is 11.3 Å². The Morgan fingerprint density at radius 2 is 2.24 bits per heavy atom. The maximum atomic E-state index is 12.3. The summed E-state index contributed by atoms with van der Waals surface area (Å²) >= 11 is 1.66. The van der Waals surface area contributed by atoms with Gasteiger partial charge in [0.05, 0.1) is 35.6 Å². The minimum Gasteiger partial charge on any atom is -0.372 e. The fourth-order valence-corrected chi connectivity index (χ4v) is 4.76. The quantitative estimate of drug-likeness (QED) is 0.797. The van der Waals surface area contributed by atoms with E-state index in [-0.39, 0.29) is 17.6 Å². The predicted molar refractivity (Wildman–Crippen MR) is 95.6 cm³/mol. The number of likely N-dealkylation sites (tertiary alicyclic amines) is 2. The fraction of sp³-hybridized carbons (Fsp3) is 0.778. The molecular weight excluding hydrogens is 338 g/mol. The minimum absolute atomic E-state index is 0.105. The third-order valence-corrected chi connectivity index (χ3v) is 6.24. The largest absolute Gasteiger partial charge is 0.372 e. The SMILES string of the molecule is Cc1nc(CO[C@@H]2CCOC3(C2)CN(CC(=O)N2CCCC2)C3)cs1. The zero-order chi connectivity index (χ0) is 17.3. The molecule has 1 spiro atoms. The van der Waals surface area contributed by atoms with Gasteiger partial charge in [-0.1, -0.05) is 0 Å². The lowest BCUT2D eigenvalue weighted by atomic mass is 9.84. The Morgan fingerprint density at radius 3 is 2.96 bits per heavy atom. The average molecular weight is 365 g/mol. The maximum Gasteiger partial charge on any atom is 0.236 e. The number of thiazole rings is 1. The number of aromatic nitrogens is 1. The zero-order valence-corrected chi connectivity index (χ0v) is 15.7. The van der Waals surface area contributed by atoms with Gasteiger partial charge in [-0.2, -0.15) is 0 Å². The van der Waals surface area contributed by atoms with Crippen LogP contribution in [-0.2, 0) is 20.9 Å². The van der Waals surface area contributed by atoms with Crippen molar-refractivity contribution in [3.8, 4) is 0 Å². The molecule has 0 saturated carbocycles. The second-order valence-corrected chi connectivity index (χ2v) is 8.61. The van der Waals surface area contributed by atoms with E-state index in [1.807, 2.05) is 11.8 Å². The summed E-state index contributed by atoms with van der Waals surface area (Å²) in [7, 11) is 0. The van der Waals surface area contributed by atoms with Crippen LogP contribution in [0.5, 0.6) is 0 Å². The summed E-state index contributed by atoms with van der Waals surface area (Å²) in [6.45, 7) is 7.45. The minimum atomic E-state index is -0.105. The van der Waals surface area contributed by atoms with Crippen LogP contribution in [-0.4, -0.2) is 71.7 Å². The Morgan fingerprint density at radius 1 is 1.44 bits per heavy atom. The molecule has 0 aliphatic carbocycles. The van der Waals surface area contributed by atoms with Crippen molar-refractivity contribution in [2.75, 3.05) is 39.3 Å². The maximum absolute atomic E-state index is 12.3. The van der Waals surface area contributed by atoms with E-state index in [2.05, 4.69) is 15.3 Å². The number of ether oxygens (including phenoxy) is 2. The van der Waals surface area contributed by atoms with Crippen LogP contribution in [0.25, 0.3) is 0 Å². The van der Waals surface area contributed by atoms with E-state index in [4.69, 9.17) is 9.47 Å². The molecule has 3 aliphatic heterocycles. The molecule has 0 radical (unpaired) electrons.